The maximum Gasteiger partial charge on any atom is 0.123 e. The molecule has 1 aromatic carbocycles. The van der Waals surface area contributed by atoms with E-state index in [9.17, 15) is 9.50 Å². The topological polar surface area (TPSA) is 56.5 Å². The van der Waals surface area contributed by atoms with Crippen molar-refractivity contribution in [3.8, 4) is 5.69 Å². The highest BCUT2D eigenvalue weighted by atomic mass is 19.1. The largest absolute Gasteiger partial charge is 0.393 e. The van der Waals surface area contributed by atoms with Gasteiger partial charge in [-0.3, -0.25) is 0 Å². The fourth-order valence-corrected chi connectivity index (χ4v) is 11.0. The number of aliphatic hydroxyl groups excluding tert-OH is 1. The van der Waals surface area contributed by atoms with Crippen molar-refractivity contribution in [2.24, 2.45) is 39.4 Å². The van der Waals surface area contributed by atoms with Crippen LogP contribution in [-0.4, -0.2) is 47.4 Å². The summed E-state index contributed by atoms with van der Waals surface area (Å²) in [4.78, 5) is 0. The van der Waals surface area contributed by atoms with Crippen LogP contribution >= 0.6 is 0 Å². The Bertz CT molecular complexity index is 1310. The highest BCUT2D eigenvalue weighted by Crippen LogP contribution is 2.75. The molecule has 2 aliphatic heterocycles. The smallest absolute Gasteiger partial charge is 0.123 e. The predicted molar refractivity (Wildman–Crippen MR) is 142 cm³/mol. The van der Waals surface area contributed by atoms with Gasteiger partial charge in [0.05, 0.1) is 43.5 Å². The molecule has 2 saturated heterocycles. The number of hydrogen-bond donors (Lipinski definition) is 1. The van der Waals surface area contributed by atoms with Gasteiger partial charge in [-0.15, -0.1) is 0 Å². The van der Waals surface area contributed by atoms with Gasteiger partial charge in [0.2, 0.25) is 0 Å². The Labute approximate surface area is 224 Å². The zero-order valence-corrected chi connectivity index (χ0v) is 22.6. The minimum absolute atomic E-state index is 0.0661. The van der Waals surface area contributed by atoms with Crippen molar-refractivity contribution in [2.45, 2.75) is 64.9 Å². The van der Waals surface area contributed by atoms with Crippen molar-refractivity contribution < 1.29 is 19.0 Å². The van der Waals surface area contributed by atoms with E-state index in [0.717, 1.165) is 69.9 Å². The zero-order valence-electron chi connectivity index (χ0n) is 22.6. The van der Waals surface area contributed by atoms with Crippen LogP contribution in [0.2, 0.25) is 0 Å². The number of allylic oxidation sites excluding steroid dienone is 1. The maximum absolute atomic E-state index is 13.6. The standard InChI is InChI=1S/C32H39FN2O3/c1-29-14-20-16-34-35(23-6-4-22(33)5-7-23)26(20)13-21(29)3-8-24-25-9-10-32(30(25,2)15-27(36)28(24)29)19-38-18-31(32)11-12-37-17-31/h4-7,13,16,24-25,27-28,36H,3,8-12,14-15,17-19H2,1-2H3. The Morgan fingerprint density at radius 3 is 2.66 bits per heavy atom. The third kappa shape index (κ3) is 2.80. The number of nitrogens with zero attached hydrogens (tertiary/aromatic N) is 2. The van der Waals surface area contributed by atoms with Gasteiger partial charge in [0.25, 0.3) is 0 Å². The molecule has 2 spiro atoms. The molecule has 8 unspecified atom stereocenters. The fourth-order valence-electron chi connectivity index (χ4n) is 11.0. The van der Waals surface area contributed by atoms with Gasteiger partial charge in [-0.2, -0.15) is 5.10 Å². The molecule has 6 heteroatoms. The van der Waals surface area contributed by atoms with E-state index in [1.54, 1.807) is 12.1 Å². The van der Waals surface area contributed by atoms with Crippen LogP contribution in [0.3, 0.4) is 0 Å². The molecule has 4 aliphatic carbocycles. The molecule has 8 atom stereocenters. The monoisotopic (exact) mass is 518 g/mol. The van der Waals surface area contributed by atoms with E-state index in [4.69, 9.17) is 14.6 Å². The lowest BCUT2D eigenvalue weighted by molar-refractivity contribution is -0.161. The minimum Gasteiger partial charge on any atom is -0.393 e. The summed E-state index contributed by atoms with van der Waals surface area (Å²) < 4.78 is 27.8. The molecule has 2 aromatic rings. The molecule has 0 bridgehead atoms. The van der Waals surface area contributed by atoms with E-state index in [2.05, 4.69) is 19.9 Å². The second-order valence-corrected chi connectivity index (χ2v) is 13.9. The SMILES string of the molecule is CC12Cc3cnn(-c4ccc(F)cc4)c3C=C1CCC1C2C(O)CC2(C)C1CCC21COCC12CCOC2. The number of halogens is 1. The summed E-state index contributed by atoms with van der Waals surface area (Å²) in [6.45, 7) is 8.26. The van der Waals surface area contributed by atoms with Crippen LogP contribution in [0.1, 0.15) is 63.6 Å². The van der Waals surface area contributed by atoms with Crippen molar-refractivity contribution in [1.82, 2.24) is 9.78 Å². The quantitative estimate of drug-likeness (QED) is 0.535. The summed E-state index contributed by atoms with van der Waals surface area (Å²) in [5.41, 5.74) is 4.96. The number of hydrogen-bond acceptors (Lipinski definition) is 4. The molecule has 3 heterocycles. The molecule has 3 saturated carbocycles. The van der Waals surface area contributed by atoms with Crippen LogP contribution in [0.15, 0.2) is 36.0 Å². The number of fused-ring (bicyclic) bond motifs is 8. The number of aromatic nitrogens is 2. The van der Waals surface area contributed by atoms with E-state index in [1.165, 1.54) is 36.1 Å². The molecular weight excluding hydrogens is 479 g/mol. The molecule has 5 nitrogen and oxygen atoms in total. The first kappa shape index (κ1) is 23.8. The minimum atomic E-state index is -0.321. The van der Waals surface area contributed by atoms with E-state index >= 15 is 0 Å². The fraction of sp³-hybridized carbons (Fsp3) is 0.656. The second-order valence-electron chi connectivity index (χ2n) is 13.9. The highest BCUT2D eigenvalue weighted by molar-refractivity contribution is 5.61. The van der Waals surface area contributed by atoms with Crippen molar-refractivity contribution in [1.29, 1.82) is 0 Å². The first-order valence-corrected chi connectivity index (χ1v) is 14.7. The molecule has 5 fully saturated rings. The Balaban J connectivity index is 1.15. The first-order chi connectivity index (χ1) is 18.3. The number of rotatable bonds is 1. The number of benzene rings is 1. The summed E-state index contributed by atoms with van der Waals surface area (Å²) in [5.74, 6) is 1.17. The molecule has 1 N–H and O–H groups in total. The number of ether oxygens (including phenoxy) is 2. The van der Waals surface area contributed by atoms with Gasteiger partial charge >= 0.3 is 0 Å². The Kier molecular flexibility index (Phi) is 4.89. The number of aliphatic hydroxyl groups is 1. The normalized spacial score (nSPS) is 45.1. The Hall–Kier alpha value is -2.02. The average Bonchev–Trinajstić information content (AvgIpc) is 3.67. The van der Waals surface area contributed by atoms with Gasteiger partial charge in [0.15, 0.2) is 0 Å². The van der Waals surface area contributed by atoms with Crippen molar-refractivity contribution in [3.63, 3.8) is 0 Å². The van der Waals surface area contributed by atoms with E-state index in [-0.39, 0.29) is 39.5 Å². The summed E-state index contributed by atoms with van der Waals surface area (Å²) in [6, 6.07) is 6.58. The molecule has 202 valence electrons. The van der Waals surface area contributed by atoms with Gasteiger partial charge < -0.3 is 14.6 Å². The van der Waals surface area contributed by atoms with Crippen LogP contribution in [-0.2, 0) is 15.9 Å². The zero-order chi connectivity index (χ0) is 25.9. The third-order valence-corrected chi connectivity index (χ3v) is 12.7. The van der Waals surface area contributed by atoms with Crippen LogP contribution < -0.4 is 0 Å². The van der Waals surface area contributed by atoms with Gasteiger partial charge in [0, 0.05) is 17.4 Å². The van der Waals surface area contributed by atoms with Crippen LogP contribution in [0, 0.1) is 45.2 Å². The van der Waals surface area contributed by atoms with Crippen LogP contribution in [0.25, 0.3) is 11.8 Å². The van der Waals surface area contributed by atoms with Crippen molar-refractivity contribution in [3.05, 3.63) is 53.1 Å². The molecule has 0 amide bonds. The summed E-state index contributed by atoms with van der Waals surface area (Å²) >= 11 is 0. The van der Waals surface area contributed by atoms with E-state index in [1.807, 2.05) is 10.9 Å². The van der Waals surface area contributed by atoms with Crippen molar-refractivity contribution in [2.75, 3.05) is 26.4 Å². The van der Waals surface area contributed by atoms with Gasteiger partial charge in [-0.1, -0.05) is 19.4 Å². The van der Waals surface area contributed by atoms with Crippen molar-refractivity contribution >= 4 is 6.08 Å². The average molecular weight is 519 g/mol. The predicted octanol–water partition coefficient (Wildman–Crippen LogP) is 5.59. The lowest BCUT2D eigenvalue weighted by atomic mass is 9.42. The lowest BCUT2D eigenvalue weighted by Gasteiger charge is -2.62. The second kappa shape index (κ2) is 7.80. The van der Waals surface area contributed by atoms with Gasteiger partial charge in [-0.05, 0) is 109 Å². The summed E-state index contributed by atoms with van der Waals surface area (Å²) in [5, 5.41) is 16.8. The molecular formula is C32H39FN2O3. The lowest BCUT2D eigenvalue weighted by Crippen LogP contribution is -2.61. The van der Waals surface area contributed by atoms with E-state index in [0.29, 0.717) is 11.8 Å². The molecule has 38 heavy (non-hydrogen) atoms. The maximum atomic E-state index is 13.6. The van der Waals surface area contributed by atoms with Crippen LogP contribution in [0.4, 0.5) is 4.39 Å². The van der Waals surface area contributed by atoms with Crippen LogP contribution in [0.5, 0.6) is 0 Å². The Morgan fingerprint density at radius 2 is 1.87 bits per heavy atom. The van der Waals surface area contributed by atoms with E-state index < -0.39 is 0 Å². The molecule has 1 aromatic heterocycles. The molecule has 8 rings (SSSR count). The first-order valence-electron chi connectivity index (χ1n) is 14.7. The Morgan fingerprint density at radius 1 is 1.05 bits per heavy atom. The molecule has 6 aliphatic rings. The van der Waals surface area contributed by atoms with Gasteiger partial charge in [0.1, 0.15) is 5.82 Å². The third-order valence-electron chi connectivity index (χ3n) is 12.7. The summed E-state index contributed by atoms with van der Waals surface area (Å²) in [7, 11) is 0. The van der Waals surface area contributed by atoms with Gasteiger partial charge in [-0.25, -0.2) is 9.07 Å². The summed E-state index contributed by atoms with van der Waals surface area (Å²) in [6.07, 6.45) is 11.6. The highest BCUT2D eigenvalue weighted by Gasteiger charge is 2.73. The molecule has 0 radical (unpaired) electrons.